The molecule has 0 aromatic heterocycles. The monoisotopic (exact) mass is 164 g/mol. The fourth-order valence-electron chi connectivity index (χ4n) is 0.806. The summed E-state index contributed by atoms with van der Waals surface area (Å²) in [6, 6.07) is 0. The minimum atomic E-state index is -0.217. The molecular formula is C6H12O3S. The van der Waals surface area contributed by atoms with Crippen molar-refractivity contribution in [3.8, 4) is 0 Å². The number of rotatable bonds is 0. The zero-order chi connectivity index (χ0) is 7.98. The van der Waals surface area contributed by atoms with Crippen molar-refractivity contribution in [3.63, 3.8) is 0 Å². The highest BCUT2D eigenvalue weighted by Gasteiger charge is 2.08. The lowest BCUT2D eigenvalue weighted by atomic mass is 10.0. The minimum absolute atomic E-state index is 0.217. The second-order valence-electron chi connectivity index (χ2n) is 2.12. The second kappa shape index (κ2) is 5.58. The molecule has 1 atom stereocenters. The number of hydrogen-bond donors (Lipinski definition) is 4. The maximum absolute atomic E-state index is 8.87. The Morgan fingerprint density at radius 1 is 1.50 bits per heavy atom. The van der Waals surface area contributed by atoms with Gasteiger partial charge in [0.1, 0.15) is 0 Å². The Hall–Kier alpha value is -0.190. The highest BCUT2D eigenvalue weighted by Crippen LogP contribution is 2.14. The molecule has 0 saturated heterocycles. The first-order valence-electron chi connectivity index (χ1n) is 3.05. The van der Waals surface area contributed by atoms with Crippen LogP contribution in [0.5, 0.6) is 0 Å². The van der Waals surface area contributed by atoms with Crippen LogP contribution in [0.3, 0.4) is 0 Å². The van der Waals surface area contributed by atoms with Gasteiger partial charge in [-0.2, -0.15) is 0 Å². The van der Waals surface area contributed by atoms with Gasteiger partial charge in [-0.1, -0.05) is 0 Å². The van der Waals surface area contributed by atoms with Gasteiger partial charge in [0.2, 0.25) is 0 Å². The summed E-state index contributed by atoms with van der Waals surface area (Å²) in [7, 11) is 0. The van der Waals surface area contributed by atoms with Crippen molar-refractivity contribution >= 4 is 12.9 Å². The van der Waals surface area contributed by atoms with Crippen LogP contribution in [0.4, 0.5) is 0 Å². The SMILES string of the molecule is OC1=CC[C@H](O)CC1.OS. The van der Waals surface area contributed by atoms with Crippen molar-refractivity contribution in [1.82, 2.24) is 0 Å². The van der Waals surface area contributed by atoms with Gasteiger partial charge in [-0.05, 0) is 31.8 Å². The van der Waals surface area contributed by atoms with Crippen LogP contribution in [0.25, 0.3) is 0 Å². The van der Waals surface area contributed by atoms with Gasteiger partial charge in [0, 0.05) is 6.42 Å². The van der Waals surface area contributed by atoms with Crippen LogP contribution in [0.2, 0.25) is 0 Å². The summed E-state index contributed by atoms with van der Waals surface area (Å²) in [5, 5.41) is 17.6. The third kappa shape index (κ3) is 3.76. The molecule has 0 fully saturated rings. The molecule has 3 nitrogen and oxygen atoms in total. The molecule has 0 radical (unpaired) electrons. The van der Waals surface area contributed by atoms with Crippen LogP contribution in [0, 0.1) is 0 Å². The summed E-state index contributed by atoms with van der Waals surface area (Å²) in [4.78, 5) is 0. The lowest BCUT2D eigenvalue weighted by Gasteiger charge is -2.12. The van der Waals surface area contributed by atoms with Crippen molar-refractivity contribution in [2.75, 3.05) is 0 Å². The van der Waals surface area contributed by atoms with Gasteiger partial charge >= 0.3 is 0 Å². The molecule has 1 rings (SSSR count). The molecule has 1 aliphatic carbocycles. The Bertz CT molecular complexity index is 114. The third-order valence-corrected chi connectivity index (χ3v) is 1.36. The highest BCUT2D eigenvalue weighted by atomic mass is 32.1. The molecule has 4 heteroatoms. The molecule has 0 aromatic rings. The first kappa shape index (κ1) is 9.81. The molecule has 0 aromatic carbocycles. The number of allylic oxidation sites excluding steroid dienone is 1. The van der Waals surface area contributed by atoms with Crippen LogP contribution in [-0.4, -0.2) is 20.9 Å². The Kier molecular flexibility index (Phi) is 5.48. The Morgan fingerprint density at radius 2 is 2.10 bits per heavy atom. The molecule has 10 heavy (non-hydrogen) atoms. The van der Waals surface area contributed by atoms with Crippen LogP contribution in [-0.2, 0) is 0 Å². The fourth-order valence-corrected chi connectivity index (χ4v) is 0.806. The molecule has 0 heterocycles. The Balaban J connectivity index is 0.000000371. The van der Waals surface area contributed by atoms with Crippen molar-refractivity contribution < 1.29 is 14.8 Å². The first-order valence-corrected chi connectivity index (χ1v) is 3.45. The van der Waals surface area contributed by atoms with E-state index in [1.165, 1.54) is 0 Å². The normalized spacial score (nSPS) is 24.3. The van der Waals surface area contributed by atoms with E-state index in [1.54, 1.807) is 6.08 Å². The summed E-state index contributed by atoms with van der Waals surface area (Å²) in [5.74, 6) is 0.426. The van der Waals surface area contributed by atoms with Crippen molar-refractivity contribution in [2.45, 2.75) is 25.4 Å². The van der Waals surface area contributed by atoms with Crippen molar-refractivity contribution in [1.29, 1.82) is 0 Å². The predicted molar refractivity (Wildman–Crippen MR) is 42.2 cm³/mol. The summed E-state index contributed by atoms with van der Waals surface area (Å²) < 4.78 is 6.69. The second-order valence-corrected chi connectivity index (χ2v) is 2.12. The van der Waals surface area contributed by atoms with Crippen LogP contribution in [0.15, 0.2) is 11.8 Å². The van der Waals surface area contributed by atoms with E-state index in [0.717, 1.165) is 0 Å². The summed E-state index contributed by atoms with van der Waals surface area (Å²) in [5.41, 5.74) is 0. The van der Waals surface area contributed by atoms with Gasteiger partial charge in [-0.25, -0.2) is 0 Å². The van der Waals surface area contributed by atoms with E-state index in [9.17, 15) is 0 Å². The van der Waals surface area contributed by atoms with Crippen LogP contribution in [0.1, 0.15) is 19.3 Å². The summed E-state index contributed by atoms with van der Waals surface area (Å²) >= 11 is 2.53. The van der Waals surface area contributed by atoms with E-state index in [4.69, 9.17) is 14.8 Å². The van der Waals surface area contributed by atoms with Gasteiger partial charge < -0.3 is 14.8 Å². The first-order chi connectivity index (χ1) is 4.79. The number of thiol groups is 1. The molecule has 0 saturated carbocycles. The molecule has 0 unspecified atom stereocenters. The molecular weight excluding hydrogens is 152 g/mol. The lowest BCUT2D eigenvalue weighted by Crippen LogP contribution is -2.09. The van der Waals surface area contributed by atoms with Crippen LogP contribution < -0.4 is 0 Å². The standard InChI is InChI=1S/C6H10O2.H2OS/c7-5-1-2-6(8)4-3-5;1-2/h1,6-8H,2-4H2;1-2H/t6-;/m0./s1. The Labute approximate surface area is 65.6 Å². The van der Waals surface area contributed by atoms with Gasteiger partial charge in [0.05, 0.1) is 11.9 Å². The van der Waals surface area contributed by atoms with Crippen molar-refractivity contribution in [3.05, 3.63) is 11.8 Å². The van der Waals surface area contributed by atoms with Gasteiger partial charge in [0.25, 0.3) is 0 Å². The Morgan fingerprint density at radius 3 is 2.40 bits per heavy atom. The summed E-state index contributed by atoms with van der Waals surface area (Å²) in [6.45, 7) is 0. The molecule has 0 amide bonds. The largest absolute Gasteiger partial charge is 0.513 e. The quantitative estimate of drug-likeness (QED) is 0.323. The molecule has 3 N–H and O–H groups in total. The zero-order valence-electron chi connectivity index (χ0n) is 5.56. The van der Waals surface area contributed by atoms with Gasteiger partial charge in [-0.15, -0.1) is 0 Å². The van der Waals surface area contributed by atoms with E-state index in [2.05, 4.69) is 12.9 Å². The fraction of sp³-hybridized carbons (Fsp3) is 0.667. The maximum atomic E-state index is 8.87. The average molecular weight is 164 g/mol. The lowest BCUT2D eigenvalue weighted by molar-refractivity contribution is 0.152. The highest BCUT2D eigenvalue weighted by molar-refractivity contribution is 7.74. The van der Waals surface area contributed by atoms with E-state index in [0.29, 0.717) is 25.0 Å². The molecule has 1 aliphatic rings. The van der Waals surface area contributed by atoms with Gasteiger partial charge in [0.15, 0.2) is 0 Å². The number of hydrogen-bond acceptors (Lipinski definition) is 4. The topological polar surface area (TPSA) is 60.7 Å². The smallest absolute Gasteiger partial charge is 0.0884 e. The van der Waals surface area contributed by atoms with E-state index < -0.39 is 0 Å². The molecule has 0 aliphatic heterocycles. The molecule has 0 spiro atoms. The predicted octanol–water partition coefficient (Wildman–Crippen LogP) is 1.36. The van der Waals surface area contributed by atoms with E-state index >= 15 is 0 Å². The molecule has 0 bridgehead atoms. The van der Waals surface area contributed by atoms with Gasteiger partial charge in [-0.3, -0.25) is 0 Å². The maximum Gasteiger partial charge on any atom is 0.0884 e. The summed E-state index contributed by atoms with van der Waals surface area (Å²) in [6.07, 6.45) is 3.43. The van der Waals surface area contributed by atoms with E-state index in [1.807, 2.05) is 0 Å². The zero-order valence-corrected chi connectivity index (χ0v) is 6.46. The number of aliphatic hydroxyl groups excluding tert-OH is 2. The van der Waals surface area contributed by atoms with Crippen LogP contribution >= 0.6 is 12.9 Å². The average Bonchev–Trinajstić information content (AvgIpc) is 2.00. The number of aliphatic hydroxyl groups is 2. The minimum Gasteiger partial charge on any atom is -0.513 e. The van der Waals surface area contributed by atoms with Crippen molar-refractivity contribution in [2.24, 2.45) is 0 Å². The molecule has 60 valence electrons. The van der Waals surface area contributed by atoms with E-state index in [-0.39, 0.29) is 6.10 Å². The third-order valence-electron chi connectivity index (χ3n) is 1.36.